The molecule has 0 saturated heterocycles. The molecule has 2 aromatic heterocycles. The van der Waals surface area contributed by atoms with Crippen LogP contribution in [-0.2, 0) is 0 Å². The number of fused-ring (bicyclic) bond motifs is 2. The van der Waals surface area contributed by atoms with Gasteiger partial charge >= 0.3 is 0 Å². The molecule has 1 aliphatic rings. The van der Waals surface area contributed by atoms with E-state index >= 15 is 0 Å². The van der Waals surface area contributed by atoms with Crippen LogP contribution in [0, 0.1) is 12.7 Å². The lowest BCUT2D eigenvalue weighted by Gasteiger charge is -2.37. The standard InChI is InChI=1S/C29H30Cl2FN5O2/c1-17-16-18(8-11-21(17)32)28-27(34-23-6-5-7-24(39-4)37(23)28)29(38)36(15-14-35(2)3)22-12-13-33-26-19(22)9-10-20(30)25(26)31/h5-11,16,22,33H,12-15H2,1-4H3. The minimum atomic E-state index is -0.318. The molecule has 39 heavy (non-hydrogen) atoms. The number of nitrogens with one attached hydrogen (secondary N) is 1. The second-order valence-electron chi connectivity index (χ2n) is 9.89. The first-order valence-corrected chi connectivity index (χ1v) is 13.5. The van der Waals surface area contributed by atoms with Crippen LogP contribution in [0.3, 0.4) is 0 Å². The highest BCUT2D eigenvalue weighted by molar-refractivity contribution is 6.43. The maximum Gasteiger partial charge on any atom is 0.275 e. The molecule has 2 aromatic carbocycles. The van der Waals surface area contributed by atoms with Gasteiger partial charge in [-0.05, 0) is 75.0 Å². The van der Waals surface area contributed by atoms with Crippen LogP contribution in [0.5, 0.6) is 5.88 Å². The summed E-state index contributed by atoms with van der Waals surface area (Å²) in [6.45, 7) is 3.44. The number of hydrogen-bond donors (Lipinski definition) is 1. The fraction of sp³-hybridized carbons (Fsp3) is 0.310. The number of carbonyl (C=O) groups is 1. The maximum absolute atomic E-state index is 14.6. The first-order valence-electron chi connectivity index (χ1n) is 12.7. The smallest absolute Gasteiger partial charge is 0.275 e. The number of anilines is 1. The van der Waals surface area contributed by atoms with Crippen LogP contribution in [0.25, 0.3) is 16.9 Å². The van der Waals surface area contributed by atoms with Crippen LogP contribution in [0.2, 0.25) is 10.0 Å². The monoisotopic (exact) mass is 569 g/mol. The van der Waals surface area contributed by atoms with Crippen molar-refractivity contribution in [3.63, 3.8) is 0 Å². The van der Waals surface area contributed by atoms with Crippen molar-refractivity contribution in [1.82, 2.24) is 19.2 Å². The lowest BCUT2D eigenvalue weighted by molar-refractivity contribution is 0.0647. The molecule has 0 bridgehead atoms. The summed E-state index contributed by atoms with van der Waals surface area (Å²) < 4.78 is 21.7. The van der Waals surface area contributed by atoms with Crippen molar-refractivity contribution in [3.8, 4) is 17.1 Å². The summed E-state index contributed by atoms with van der Waals surface area (Å²) in [4.78, 5) is 23.3. The number of carbonyl (C=O) groups excluding carboxylic acids is 1. The first kappa shape index (κ1) is 27.2. The fourth-order valence-corrected chi connectivity index (χ4v) is 5.51. The summed E-state index contributed by atoms with van der Waals surface area (Å²) >= 11 is 12.9. The molecule has 7 nitrogen and oxygen atoms in total. The van der Waals surface area contributed by atoms with Crippen LogP contribution in [-0.4, -0.2) is 65.9 Å². The van der Waals surface area contributed by atoms with E-state index in [2.05, 4.69) is 5.32 Å². The van der Waals surface area contributed by atoms with E-state index in [1.807, 2.05) is 42.1 Å². The Morgan fingerprint density at radius 3 is 2.69 bits per heavy atom. The Balaban J connectivity index is 1.70. The molecule has 0 spiro atoms. The van der Waals surface area contributed by atoms with E-state index in [0.29, 0.717) is 64.4 Å². The van der Waals surface area contributed by atoms with Crippen molar-refractivity contribution >= 4 is 40.4 Å². The van der Waals surface area contributed by atoms with E-state index in [1.165, 1.54) is 6.07 Å². The van der Waals surface area contributed by atoms with E-state index in [0.717, 1.165) is 11.3 Å². The summed E-state index contributed by atoms with van der Waals surface area (Å²) in [5, 5.41) is 4.25. The second kappa shape index (κ2) is 11.0. The number of likely N-dealkylation sites (N-methyl/N-ethyl adjacent to an activating group) is 1. The number of amides is 1. The number of hydrogen-bond acceptors (Lipinski definition) is 5. The van der Waals surface area contributed by atoms with Gasteiger partial charge in [0.2, 0.25) is 0 Å². The Morgan fingerprint density at radius 1 is 1.18 bits per heavy atom. The number of ether oxygens (including phenoxy) is 1. The topological polar surface area (TPSA) is 62.1 Å². The van der Waals surface area contributed by atoms with Gasteiger partial charge in [-0.2, -0.15) is 0 Å². The van der Waals surface area contributed by atoms with Crippen molar-refractivity contribution in [3.05, 3.63) is 81.2 Å². The van der Waals surface area contributed by atoms with Crippen LogP contribution in [0.4, 0.5) is 10.1 Å². The van der Waals surface area contributed by atoms with Gasteiger partial charge in [0, 0.05) is 25.2 Å². The zero-order valence-corrected chi connectivity index (χ0v) is 23.8. The van der Waals surface area contributed by atoms with Gasteiger partial charge in [-0.25, -0.2) is 9.37 Å². The van der Waals surface area contributed by atoms with Gasteiger partial charge < -0.3 is 19.9 Å². The van der Waals surface area contributed by atoms with Gasteiger partial charge in [-0.1, -0.05) is 35.3 Å². The maximum atomic E-state index is 14.6. The Bertz CT molecular complexity index is 1550. The number of benzene rings is 2. The summed E-state index contributed by atoms with van der Waals surface area (Å²) in [5.41, 5.74) is 4.17. The van der Waals surface area contributed by atoms with Crippen molar-refractivity contribution in [1.29, 1.82) is 0 Å². The number of nitrogens with zero attached hydrogens (tertiary/aromatic N) is 4. The van der Waals surface area contributed by atoms with Crippen LogP contribution in [0.1, 0.15) is 34.1 Å². The van der Waals surface area contributed by atoms with E-state index in [9.17, 15) is 9.18 Å². The number of imidazole rings is 1. The molecule has 5 rings (SSSR count). The third-order valence-corrected chi connectivity index (χ3v) is 7.89. The van der Waals surface area contributed by atoms with Crippen molar-refractivity contribution < 1.29 is 13.9 Å². The lowest BCUT2D eigenvalue weighted by Crippen LogP contribution is -2.42. The quantitative estimate of drug-likeness (QED) is 0.282. The minimum Gasteiger partial charge on any atom is -0.482 e. The van der Waals surface area contributed by atoms with Gasteiger partial charge in [0.1, 0.15) is 11.5 Å². The lowest BCUT2D eigenvalue weighted by atomic mass is 9.95. The fourth-order valence-electron chi connectivity index (χ4n) is 5.11. The molecule has 1 aliphatic heterocycles. The number of pyridine rings is 1. The van der Waals surface area contributed by atoms with Gasteiger partial charge in [-0.15, -0.1) is 0 Å². The van der Waals surface area contributed by atoms with Crippen LogP contribution in [0.15, 0.2) is 48.5 Å². The molecule has 1 N–H and O–H groups in total. The number of rotatable bonds is 7. The SMILES string of the molecule is COc1cccc2nc(C(=O)N(CCN(C)C)C3CCNc4c3ccc(Cl)c4Cl)c(-c3ccc(F)c(C)c3)n12. The van der Waals surface area contributed by atoms with E-state index < -0.39 is 0 Å². The number of aryl methyl sites for hydroxylation is 1. The molecular formula is C29H30Cl2FN5O2. The summed E-state index contributed by atoms with van der Waals surface area (Å²) in [5.74, 6) is -0.0325. The van der Waals surface area contributed by atoms with Crippen LogP contribution >= 0.6 is 23.2 Å². The van der Waals surface area contributed by atoms with Gasteiger partial charge in [0.15, 0.2) is 11.6 Å². The molecule has 0 radical (unpaired) electrons. The molecule has 0 saturated carbocycles. The highest BCUT2D eigenvalue weighted by Gasteiger charge is 2.34. The molecule has 204 valence electrons. The molecule has 1 atom stereocenters. The van der Waals surface area contributed by atoms with E-state index in [1.54, 1.807) is 42.7 Å². The zero-order valence-electron chi connectivity index (χ0n) is 22.3. The van der Waals surface area contributed by atoms with Crippen LogP contribution < -0.4 is 10.1 Å². The first-order chi connectivity index (χ1) is 18.7. The highest BCUT2D eigenvalue weighted by atomic mass is 35.5. The Labute approximate surface area is 237 Å². The Hall–Kier alpha value is -3.33. The van der Waals surface area contributed by atoms with Crippen molar-refractivity contribution in [2.24, 2.45) is 0 Å². The third-order valence-electron chi connectivity index (χ3n) is 7.08. The number of halogens is 3. The predicted molar refractivity (Wildman–Crippen MR) is 154 cm³/mol. The Morgan fingerprint density at radius 2 is 1.97 bits per heavy atom. The summed E-state index contributed by atoms with van der Waals surface area (Å²) in [6.07, 6.45) is 0.686. The minimum absolute atomic E-state index is 0.233. The molecule has 1 amide bonds. The molecule has 10 heteroatoms. The van der Waals surface area contributed by atoms with Crippen molar-refractivity contribution in [2.75, 3.05) is 46.2 Å². The van der Waals surface area contributed by atoms with E-state index in [-0.39, 0.29) is 23.5 Å². The van der Waals surface area contributed by atoms with Gasteiger partial charge in [-0.3, -0.25) is 9.20 Å². The number of aromatic nitrogens is 2. The molecular weight excluding hydrogens is 540 g/mol. The summed E-state index contributed by atoms with van der Waals surface area (Å²) in [7, 11) is 5.51. The number of methoxy groups -OCH3 is 1. The molecule has 1 unspecified atom stereocenters. The average Bonchev–Trinajstić information content (AvgIpc) is 3.32. The molecule has 3 heterocycles. The molecule has 0 fully saturated rings. The van der Waals surface area contributed by atoms with Gasteiger partial charge in [0.25, 0.3) is 5.91 Å². The van der Waals surface area contributed by atoms with E-state index in [4.69, 9.17) is 32.9 Å². The average molecular weight is 570 g/mol. The molecule has 4 aromatic rings. The third kappa shape index (κ3) is 5.04. The zero-order chi connectivity index (χ0) is 27.8. The highest BCUT2D eigenvalue weighted by Crippen LogP contribution is 2.42. The Kier molecular flexibility index (Phi) is 7.71. The molecule has 0 aliphatic carbocycles. The predicted octanol–water partition coefficient (Wildman–Crippen LogP) is 6.32. The van der Waals surface area contributed by atoms with Crippen molar-refractivity contribution in [2.45, 2.75) is 19.4 Å². The largest absolute Gasteiger partial charge is 0.482 e. The summed E-state index contributed by atoms with van der Waals surface area (Å²) in [6, 6.07) is 13.7. The second-order valence-corrected chi connectivity index (χ2v) is 10.7. The van der Waals surface area contributed by atoms with Gasteiger partial charge in [0.05, 0.1) is 34.6 Å². The normalized spacial score (nSPS) is 14.8.